The van der Waals surface area contributed by atoms with E-state index in [2.05, 4.69) is 21.2 Å². The standard InChI is InChI=1S/C14H9BrFN3O2/c15-11-3-4-14(19(20)21)13(6-11)18-8-10-2-1-9(7-17)5-12(10)16/h1-6,18H,8H2. The van der Waals surface area contributed by atoms with Crippen LogP contribution in [0, 0.1) is 27.3 Å². The average Bonchev–Trinajstić information content (AvgIpc) is 2.45. The van der Waals surface area contributed by atoms with Crippen LogP contribution in [0.1, 0.15) is 11.1 Å². The molecular formula is C14H9BrFN3O2. The Morgan fingerprint density at radius 3 is 2.71 bits per heavy atom. The zero-order chi connectivity index (χ0) is 15.4. The van der Waals surface area contributed by atoms with Crippen molar-refractivity contribution in [1.82, 2.24) is 0 Å². The molecule has 0 bridgehead atoms. The van der Waals surface area contributed by atoms with Crippen LogP contribution in [-0.4, -0.2) is 4.92 Å². The molecule has 5 nitrogen and oxygen atoms in total. The van der Waals surface area contributed by atoms with Gasteiger partial charge in [0.05, 0.1) is 16.6 Å². The molecule has 0 unspecified atom stereocenters. The number of nitriles is 1. The molecule has 0 aliphatic rings. The molecular weight excluding hydrogens is 341 g/mol. The smallest absolute Gasteiger partial charge is 0.292 e. The number of hydrogen-bond acceptors (Lipinski definition) is 4. The van der Waals surface area contributed by atoms with Gasteiger partial charge in [-0.1, -0.05) is 22.0 Å². The van der Waals surface area contributed by atoms with Gasteiger partial charge >= 0.3 is 0 Å². The van der Waals surface area contributed by atoms with Crippen LogP contribution in [0.4, 0.5) is 15.8 Å². The molecule has 0 aliphatic carbocycles. The summed E-state index contributed by atoms with van der Waals surface area (Å²) in [5, 5.41) is 22.4. The minimum atomic E-state index is -0.529. The SMILES string of the molecule is N#Cc1ccc(CNc2cc(Br)ccc2[N+](=O)[O-])c(F)c1. The number of nitrogens with one attached hydrogen (secondary N) is 1. The minimum absolute atomic E-state index is 0.0782. The second kappa shape index (κ2) is 6.33. The molecule has 0 spiro atoms. The van der Waals surface area contributed by atoms with Gasteiger partial charge in [-0.15, -0.1) is 0 Å². The number of hydrogen-bond donors (Lipinski definition) is 1. The van der Waals surface area contributed by atoms with Crippen molar-refractivity contribution in [3.8, 4) is 6.07 Å². The quantitative estimate of drug-likeness (QED) is 0.668. The maximum absolute atomic E-state index is 13.7. The fraction of sp³-hybridized carbons (Fsp3) is 0.0714. The maximum atomic E-state index is 13.7. The van der Waals surface area contributed by atoms with Crippen molar-refractivity contribution in [1.29, 1.82) is 5.26 Å². The van der Waals surface area contributed by atoms with Crippen LogP contribution < -0.4 is 5.32 Å². The van der Waals surface area contributed by atoms with Gasteiger partial charge in [-0.25, -0.2) is 4.39 Å². The molecule has 7 heteroatoms. The Labute approximate surface area is 128 Å². The number of benzene rings is 2. The van der Waals surface area contributed by atoms with Crippen LogP contribution in [0.3, 0.4) is 0 Å². The monoisotopic (exact) mass is 349 g/mol. The van der Waals surface area contributed by atoms with E-state index in [4.69, 9.17) is 5.26 Å². The lowest BCUT2D eigenvalue weighted by Crippen LogP contribution is -2.04. The van der Waals surface area contributed by atoms with Crippen LogP contribution in [-0.2, 0) is 6.54 Å². The molecule has 21 heavy (non-hydrogen) atoms. The van der Waals surface area contributed by atoms with Crippen LogP contribution in [0.15, 0.2) is 40.9 Å². The van der Waals surface area contributed by atoms with Gasteiger partial charge in [-0.3, -0.25) is 10.1 Å². The fourth-order valence-corrected chi connectivity index (χ4v) is 2.12. The van der Waals surface area contributed by atoms with Crippen LogP contribution in [0.25, 0.3) is 0 Å². The molecule has 0 aromatic heterocycles. The van der Waals surface area contributed by atoms with Crippen molar-refractivity contribution in [3.63, 3.8) is 0 Å². The maximum Gasteiger partial charge on any atom is 0.292 e. The fourth-order valence-electron chi connectivity index (χ4n) is 1.76. The Morgan fingerprint density at radius 1 is 1.33 bits per heavy atom. The first-order valence-corrected chi connectivity index (χ1v) is 6.67. The lowest BCUT2D eigenvalue weighted by molar-refractivity contribution is -0.384. The van der Waals surface area contributed by atoms with Crippen molar-refractivity contribution in [2.45, 2.75) is 6.54 Å². The number of nitro benzene ring substituents is 1. The van der Waals surface area contributed by atoms with Gasteiger partial charge in [0.2, 0.25) is 0 Å². The Bertz CT molecular complexity index is 743. The van der Waals surface area contributed by atoms with E-state index < -0.39 is 10.7 Å². The van der Waals surface area contributed by atoms with E-state index >= 15 is 0 Å². The molecule has 0 radical (unpaired) electrons. The Kier molecular flexibility index (Phi) is 4.50. The summed E-state index contributed by atoms with van der Waals surface area (Å²) in [6.07, 6.45) is 0. The first kappa shape index (κ1) is 14.9. The zero-order valence-corrected chi connectivity index (χ0v) is 12.2. The summed E-state index contributed by atoms with van der Waals surface area (Å²) in [6, 6.07) is 10.4. The predicted octanol–water partition coefficient (Wildman–Crippen LogP) is 3.98. The van der Waals surface area contributed by atoms with E-state index in [9.17, 15) is 14.5 Å². The van der Waals surface area contributed by atoms with E-state index in [-0.39, 0.29) is 23.5 Å². The Hall–Kier alpha value is -2.46. The Morgan fingerprint density at radius 2 is 2.10 bits per heavy atom. The molecule has 0 amide bonds. The predicted molar refractivity (Wildman–Crippen MR) is 79.2 cm³/mol. The highest BCUT2D eigenvalue weighted by Crippen LogP contribution is 2.28. The molecule has 0 fully saturated rings. The van der Waals surface area contributed by atoms with Gasteiger partial charge in [-0.05, 0) is 24.3 Å². The third-order valence-corrected chi connectivity index (χ3v) is 3.30. The summed E-state index contributed by atoms with van der Waals surface area (Å²) >= 11 is 3.23. The molecule has 0 atom stereocenters. The van der Waals surface area contributed by atoms with Gasteiger partial charge < -0.3 is 5.32 Å². The minimum Gasteiger partial charge on any atom is -0.375 e. The largest absolute Gasteiger partial charge is 0.375 e. The number of nitrogens with zero attached hydrogens (tertiary/aromatic N) is 2. The number of halogens is 2. The summed E-state index contributed by atoms with van der Waals surface area (Å²) in [5.74, 6) is -0.529. The van der Waals surface area contributed by atoms with E-state index in [1.165, 1.54) is 18.2 Å². The van der Waals surface area contributed by atoms with Crippen molar-refractivity contribution < 1.29 is 9.31 Å². The van der Waals surface area contributed by atoms with E-state index in [0.29, 0.717) is 10.0 Å². The highest BCUT2D eigenvalue weighted by atomic mass is 79.9. The number of nitro groups is 1. The molecule has 2 aromatic carbocycles. The molecule has 1 N–H and O–H groups in total. The van der Waals surface area contributed by atoms with E-state index in [0.717, 1.165) is 6.07 Å². The molecule has 2 aromatic rings. The molecule has 0 aliphatic heterocycles. The van der Waals surface area contributed by atoms with E-state index in [1.54, 1.807) is 12.1 Å². The van der Waals surface area contributed by atoms with Gasteiger partial charge in [0.1, 0.15) is 11.5 Å². The molecule has 0 heterocycles. The third kappa shape index (κ3) is 3.55. The van der Waals surface area contributed by atoms with Gasteiger partial charge in [0, 0.05) is 22.6 Å². The topological polar surface area (TPSA) is 79.0 Å². The van der Waals surface area contributed by atoms with Crippen LogP contribution in [0.5, 0.6) is 0 Å². The van der Waals surface area contributed by atoms with Gasteiger partial charge in [0.15, 0.2) is 0 Å². The highest BCUT2D eigenvalue weighted by molar-refractivity contribution is 9.10. The first-order valence-electron chi connectivity index (χ1n) is 5.87. The molecule has 0 saturated heterocycles. The first-order chi connectivity index (χ1) is 10.0. The summed E-state index contributed by atoms with van der Waals surface area (Å²) < 4.78 is 14.4. The van der Waals surface area contributed by atoms with Crippen LogP contribution >= 0.6 is 15.9 Å². The molecule has 106 valence electrons. The summed E-state index contributed by atoms with van der Waals surface area (Å²) in [5.41, 5.74) is 0.748. The van der Waals surface area contributed by atoms with Crippen molar-refractivity contribution >= 4 is 27.3 Å². The highest BCUT2D eigenvalue weighted by Gasteiger charge is 2.14. The summed E-state index contributed by atoms with van der Waals surface area (Å²) in [6.45, 7) is 0.0782. The summed E-state index contributed by atoms with van der Waals surface area (Å²) in [4.78, 5) is 10.4. The van der Waals surface area contributed by atoms with Crippen LogP contribution in [0.2, 0.25) is 0 Å². The number of rotatable bonds is 4. The molecule has 2 rings (SSSR count). The van der Waals surface area contributed by atoms with Gasteiger partial charge in [-0.2, -0.15) is 5.26 Å². The van der Waals surface area contributed by atoms with Gasteiger partial charge in [0.25, 0.3) is 5.69 Å². The third-order valence-electron chi connectivity index (χ3n) is 2.81. The lowest BCUT2D eigenvalue weighted by Gasteiger charge is -2.08. The average molecular weight is 350 g/mol. The lowest BCUT2D eigenvalue weighted by atomic mass is 10.1. The number of anilines is 1. The van der Waals surface area contributed by atoms with Crippen molar-refractivity contribution in [2.75, 3.05) is 5.32 Å². The normalized spacial score (nSPS) is 9.95. The summed E-state index contributed by atoms with van der Waals surface area (Å²) in [7, 11) is 0. The van der Waals surface area contributed by atoms with E-state index in [1.807, 2.05) is 6.07 Å². The zero-order valence-electron chi connectivity index (χ0n) is 10.6. The van der Waals surface area contributed by atoms with Crippen molar-refractivity contribution in [3.05, 3.63) is 67.9 Å². The van der Waals surface area contributed by atoms with Crippen molar-refractivity contribution in [2.24, 2.45) is 0 Å². The Balaban J connectivity index is 2.22. The molecule has 0 saturated carbocycles. The second-order valence-electron chi connectivity index (χ2n) is 4.19. The second-order valence-corrected chi connectivity index (χ2v) is 5.11.